The van der Waals surface area contributed by atoms with Crippen molar-refractivity contribution in [2.24, 2.45) is 11.1 Å². The molecule has 0 aromatic rings. The van der Waals surface area contributed by atoms with Crippen LogP contribution in [0.2, 0.25) is 0 Å². The SMILES string of the molecule is C/C(=N\O)C1CCC1. The van der Waals surface area contributed by atoms with Gasteiger partial charge in [-0.2, -0.15) is 0 Å². The van der Waals surface area contributed by atoms with Crippen LogP contribution in [-0.4, -0.2) is 10.9 Å². The van der Waals surface area contributed by atoms with Crippen LogP contribution < -0.4 is 0 Å². The first-order valence-corrected chi connectivity index (χ1v) is 3.03. The summed E-state index contributed by atoms with van der Waals surface area (Å²) in [5.74, 6) is 0.597. The van der Waals surface area contributed by atoms with Crippen LogP contribution in [0.5, 0.6) is 0 Å². The molecule has 0 aromatic heterocycles. The van der Waals surface area contributed by atoms with Crippen molar-refractivity contribution in [2.45, 2.75) is 26.2 Å². The summed E-state index contributed by atoms with van der Waals surface area (Å²) in [5, 5.41) is 11.4. The number of oxime groups is 1. The standard InChI is InChI=1S/C6H11NO/c1-5(7-8)6-3-2-4-6/h6,8H,2-4H2,1H3/b7-5+. The molecule has 0 heterocycles. The molecule has 1 N–H and O–H groups in total. The Morgan fingerprint density at radius 1 is 1.62 bits per heavy atom. The lowest BCUT2D eigenvalue weighted by Gasteiger charge is -2.23. The first-order chi connectivity index (χ1) is 3.84. The molecule has 1 saturated carbocycles. The summed E-state index contributed by atoms with van der Waals surface area (Å²) in [6.45, 7) is 1.88. The Bertz CT molecular complexity index is 105. The maximum Gasteiger partial charge on any atom is 0.0570 e. The van der Waals surface area contributed by atoms with Crippen LogP contribution in [0.3, 0.4) is 0 Å². The minimum Gasteiger partial charge on any atom is -0.411 e. The highest BCUT2D eigenvalue weighted by Gasteiger charge is 2.19. The minimum atomic E-state index is 0.597. The van der Waals surface area contributed by atoms with Gasteiger partial charge < -0.3 is 5.21 Å². The van der Waals surface area contributed by atoms with E-state index in [9.17, 15) is 0 Å². The first kappa shape index (κ1) is 5.60. The highest BCUT2D eigenvalue weighted by atomic mass is 16.4. The number of hydrogen-bond acceptors (Lipinski definition) is 2. The van der Waals surface area contributed by atoms with E-state index in [-0.39, 0.29) is 0 Å². The van der Waals surface area contributed by atoms with Gasteiger partial charge in [-0.1, -0.05) is 11.6 Å². The zero-order valence-electron chi connectivity index (χ0n) is 5.09. The minimum absolute atomic E-state index is 0.597. The summed E-state index contributed by atoms with van der Waals surface area (Å²) in [6, 6.07) is 0. The van der Waals surface area contributed by atoms with Gasteiger partial charge in [0.05, 0.1) is 5.71 Å². The van der Waals surface area contributed by atoms with Crippen molar-refractivity contribution >= 4 is 5.71 Å². The van der Waals surface area contributed by atoms with Gasteiger partial charge in [-0.15, -0.1) is 0 Å². The van der Waals surface area contributed by atoms with E-state index < -0.39 is 0 Å². The molecule has 0 aliphatic heterocycles. The average molecular weight is 113 g/mol. The second-order valence-electron chi connectivity index (χ2n) is 2.37. The molecule has 1 rings (SSSR count). The van der Waals surface area contributed by atoms with E-state index >= 15 is 0 Å². The average Bonchev–Trinajstić information content (AvgIpc) is 1.62. The van der Waals surface area contributed by atoms with Gasteiger partial charge in [-0.3, -0.25) is 0 Å². The molecule has 0 radical (unpaired) electrons. The molecule has 1 aliphatic rings. The van der Waals surface area contributed by atoms with Crippen molar-refractivity contribution in [3.8, 4) is 0 Å². The van der Waals surface area contributed by atoms with Crippen LogP contribution in [0.15, 0.2) is 5.16 Å². The van der Waals surface area contributed by atoms with Gasteiger partial charge in [-0.05, 0) is 19.8 Å². The van der Waals surface area contributed by atoms with Crippen LogP contribution in [0.1, 0.15) is 26.2 Å². The highest BCUT2D eigenvalue weighted by molar-refractivity contribution is 5.84. The third-order valence-electron chi connectivity index (χ3n) is 1.85. The molecule has 1 aliphatic carbocycles. The van der Waals surface area contributed by atoms with Gasteiger partial charge in [0, 0.05) is 5.92 Å². The third-order valence-corrected chi connectivity index (χ3v) is 1.85. The molecule has 8 heavy (non-hydrogen) atoms. The van der Waals surface area contributed by atoms with E-state index in [0.29, 0.717) is 5.92 Å². The molecule has 1 fully saturated rings. The Morgan fingerprint density at radius 2 is 2.25 bits per heavy atom. The molecule has 0 saturated heterocycles. The second-order valence-corrected chi connectivity index (χ2v) is 2.37. The zero-order chi connectivity index (χ0) is 5.98. The van der Waals surface area contributed by atoms with Crippen molar-refractivity contribution in [1.29, 1.82) is 0 Å². The Kier molecular flexibility index (Phi) is 1.51. The fourth-order valence-electron chi connectivity index (χ4n) is 0.908. The van der Waals surface area contributed by atoms with Gasteiger partial charge in [0.15, 0.2) is 0 Å². The summed E-state index contributed by atoms with van der Waals surface area (Å²) in [5.41, 5.74) is 0.899. The molecule has 2 nitrogen and oxygen atoms in total. The fourth-order valence-corrected chi connectivity index (χ4v) is 0.908. The summed E-state index contributed by atoms with van der Waals surface area (Å²) in [6.07, 6.45) is 3.74. The molecular formula is C6H11NO. The van der Waals surface area contributed by atoms with E-state index in [1.54, 1.807) is 0 Å². The number of hydrogen-bond donors (Lipinski definition) is 1. The smallest absolute Gasteiger partial charge is 0.0570 e. The van der Waals surface area contributed by atoms with E-state index in [1.165, 1.54) is 19.3 Å². The zero-order valence-corrected chi connectivity index (χ0v) is 5.09. The lowest BCUT2D eigenvalue weighted by atomic mass is 9.82. The largest absolute Gasteiger partial charge is 0.411 e. The predicted molar refractivity (Wildman–Crippen MR) is 32.2 cm³/mol. The molecule has 0 atom stereocenters. The van der Waals surface area contributed by atoms with E-state index in [2.05, 4.69) is 5.16 Å². The van der Waals surface area contributed by atoms with Crippen LogP contribution in [0.4, 0.5) is 0 Å². The van der Waals surface area contributed by atoms with E-state index in [0.717, 1.165) is 5.71 Å². The number of nitrogens with zero attached hydrogens (tertiary/aromatic N) is 1. The third kappa shape index (κ3) is 0.831. The maximum absolute atomic E-state index is 8.26. The van der Waals surface area contributed by atoms with Crippen molar-refractivity contribution < 1.29 is 5.21 Å². The molecule has 46 valence electrons. The summed E-state index contributed by atoms with van der Waals surface area (Å²) in [4.78, 5) is 0. The highest BCUT2D eigenvalue weighted by Crippen LogP contribution is 2.27. The van der Waals surface area contributed by atoms with Gasteiger partial charge in [0.25, 0.3) is 0 Å². The van der Waals surface area contributed by atoms with Crippen LogP contribution in [0.25, 0.3) is 0 Å². The van der Waals surface area contributed by atoms with Gasteiger partial charge in [-0.25, -0.2) is 0 Å². The first-order valence-electron chi connectivity index (χ1n) is 3.03. The molecule has 0 spiro atoms. The molecule has 0 amide bonds. The quantitative estimate of drug-likeness (QED) is 0.313. The Balaban J connectivity index is 2.34. The monoisotopic (exact) mass is 113 g/mol. The molecule has 0 unspecified atom stereocenters. The van der Waals surface area contributed by atoms with Crippen LogP contribution in [-0.2, 0) is 0 Å². The molecule has 2 heteroatoms. The summed E-state index contributed by atoms with van der Waals surface area (Å²) >= 11 is 0. The Morgan fingerprint density at radius 3 is 2.38 bits per heavy atom. The van der Waals surface area contributed by atoms with Crippen molar-refractivity contribution in [2.75, 3.05) is 0 Å². The lowest BCUT2D eigenvalue weighted by Crippen LogP contribution is -2.19. The molecular weight excluding hydrogens is 102 g/mol. The van der Waals surface area contributed by atoms with Gasteiger partial charge >= 0.3 is 0 Å². The lowest BCUT2D eigenvalue weighted by molar-refractivity contribution is 0.305. The fraction of sp³-hybridized carbons (Fsp3) is 0.833. The van der Waals surface area contributed by atoms with Gasteiger partial charge in [0.2, 0.25) is 0 Å². The predicted octanol–water partition coefficient (Wildman–Crippen LogP) is 1.64. The number of rotatable bonds is 1. The van der Waals surface area contributed by atoms with Gasteiger partial charge in [0.1, 0.15) is 0 Å². The van der Waals surface area contributed by atoms with Crippen LogP contribution >= 0.6 is 0 Å². The summed E-state index contributed by atoms with van der Waals surface area (Å²) < 4.78 is 0. The summed E-state index contributed by atoms with van der Waals surface area (Å²) in [7, 11) is 0. The van der Waals surface area contributed by atoms with Crippen molar-refractivity contribution in [3.63, 3.8) is 0 Å². The van der Waals surface area contributed by atoms with E-state index in [1.807, 2.05) is 6.92 Å². The Labute approximate surface area is 49.2 Å². The van der Waals surface area contributed by atoms with Crippen molar-refractivity contribution in [3.05, 3.63) is 0 Å². The Hall–Kier alpha value is -0.530. The molecule has 0 bridgehead atoms. The van der Waals surface area contributed by atoms with E-state index in [4.69, 9.17) is 5.21 Å². The maximum atomic E-state index is 8.26. The van der Waals surface area contributed by atoms with Crippen molar-refractivity contribution in [1.82, 2.24) is 0 Å². The molecule has 0 aromatic carbocycles. The van der Waals surface area contributed by atoms with Crippen LogP contribution in [0, 0.1) is 5.92 Å². The second kappa shape index (κ2) is 2.16. The normalized spacial score (nSPS) is 22.9. The topological polar surface area (TPSA) is 32.6 Å².